The van der Waals surface area contributed by atoms with E-state index in [1.165, 1.54) is 6.92 Å². The third-order valence-electron chi connectivity index (χ3n) is 9.44. The average molecular weight is 435 g/mol. The molecule has 0 unspecified atom stereocenters. The second-order valence-electron chi connectivity index (χ2n) is 10.5. The van der Waals surface area contributed by atoms with Gasteiger partial charge in [-0.15, -0.1) is 0 Å². The van der Waals surface area contributed by atoms with E-state index in [0.29, 0.717) is 19.3 Å². The number of aliphatic hydroxyl groups is 2. The fraction of sp³-hybridized carbons (Fsp3) is 0.792. The van der Waals surface area contributed by atoms with Crippen LogP contribution in [0.4, 0.5) is 0 Å². The van der Waals surface area contributed by atoms with Gasteiger partial charge in [0.05, 0.1) is 6.10 Å². The van der Waals surface area contributed by atoms with Crippen molar-refractivity contribution in [3.05, 3.63) is 11.6 Å². The number of carbonyl (C=O) groups is 3. The molecule has 0 aromatic heterocycles. The Hall–Kier alpha value is -1.57. The number of methoxy groups -OCH3 is 1. The smallest absolute Gasteiger partial charge is 0.303 e. The highest BCUT2D eigenvalue weighted by atomic mass is 16.5. The van der Waals surface area contributed by atoms with Crippen LogP contribution >= 0.6 is 0 Å². The van der Waals surface area contributed by atoms with Gasteiger partial charge in [-0.3, -0.25) is 14.4 Å². The van der Waals surface area contributed by atoms with Crippen molar-refractivity contribution in [1.29, 1.82) is 0 Å². The van der Waals surface area contributed by atoms with Gasteiger partial charge < -0.3 is 19.7 Å². The van der Waals surface area contributed by atoms with Crippen LogP contribution in [0.5, 0.6) is 0 Å². The molecular weight excluding hydrogens is 400 g/mol. The first-order valence-electron chi connectivity index (χ1n) is 11.3. The van der Waals surface area contributed by atoms with Crippen molar-refractivity contribution in [2.45, 2.75) is 83.0 Å². The van der Waals surface area contributed by atoms with Crippen molar-refractivity contribution < 1.29 is 34.1 Å². The lowest BCUT2D eigenvalue weighted by molar-refractivity contribution is -0.270. The molecule has 3 saturated carbocycles. The van der Waals surface area contributed by atoms with E-state index in [0.717, 1.165) is 18.4 Å². The van der Waals surface area contributed by atoms with E-state index in [1.807, 2.05) is 6.92 Å². The number of ether oxygens (including phenoxy) is 2. The van der Waals surface area contributed by atoms with Crippen LogP contribution in [0.3, 0.4) is 0 Å². The van der Waals surface area contributed by atoms with Gasteiger partial charge in [0.1, 0.15) is 11.2 Å². The molecule has 4 aliphatic rings. The first-order valence-corrected chi connectivity index (χ1v) is 11.3. The van der Waals surface area contributed by atoms with Crippen molar-refractivity contribution in [3.63, 3.8) is 0 Å². The zero-order valence-electron chi connectivity index (χ0n) is 18.9. The Morgan fingerprint density at radius 1 is 1.16 bits per heavy atom. The topological polar surface area (TPSA) is 110 Å². The molecule has 7 heteroatoms. The summed E-state index contributed by atoms with van der Waals surface area (Å²) >= 11 is 0. The minimum atomic E-state index is -1.66. The quantitative estimate of drug-likeness (QED) is 0.652. The summed E-state index contributed by atoms with van der Waals surface area (Å²) in [5, 5.41) is 23.2. The van der Waals surface area contributed by atoms with Crippen LogP contribution in [0.2, 0.25) is 0 Å². The van der Waals surface area contributed by atoms with Crippen LogP contribution in [0.25, 0.3) is 0 Å². The molecule has 0 heterocycles. The van der Waals surface area contributed by atoms with Gasteiger partial charge in [-0.2, -0.15) is 0 Å². The summed E-state index contributed by atoms with van der Waals surface area (Å²) in [5.41, 5.74) is -2.80. The van der Waals surface area contributed by atoms with E-state index < -0.39 is 46.5 Å². The maximum absolute atomic E-state index is 13.0. The average Bonchev–Trinajstić information content (AvgIpc) is 2.97. The summed E-state index contributed by atoms with van der Waals surface area (Å²) < 4.78 is 11.1. The van der Waals surface area contributed by atoms with Gasteiger partial charge in [0.25, 0.3) is 0 Å². The van der Waals surface area contributed by atoms with E-state index in [1.54, 1.807) is 13.2 Å². The number of hydrogen-bond acceptors (Lipinski definition) is 7. The zero-order valence-corrected chi connectivity index (χ0v) is 18.9. The lowest BCUT2D eigenvalue weighted by atomic mass is 9.43. The van der Waals surface area contributed by atoms with Crippen LogP contribution in [0.1, 0.15) is 65.7 Å². The molecule has 0 aromatic carbocycles. The standard InChI is InChI=1S/C24H34O7/c1-14(25)31-13-20(28)23(29)10-8-17-18-6-5-15-11-16(26)7-9-21(15,2)24(18,30-4)19(27)12-22(17,23)3/h11,17-19,27,29H,5-10,12-13H2,1-4H3/t17-,18-,19+,21-,22-,23-,24-/m0/s1. The Morgan fingerprint density at radius 2 is 1.87 bits per heavy atom. The van der Waals surface area contributed by atoms with E-state index in [9.17, 15) is 24.6 Å². The van der Waals surface area contributed by atoms with Crippen LogP contribution in [0.15, 0.2) is 11.6 Å². The van der Waals surface area contributed by atoms with Crippen LogP contribution in [-0.4, -0.2) is 58.8 Å². The maximum Gasteiger partial charge on any atom is 0.303 e. The fourth-order valence-corrected chi connectivity index (χ4v) is 7.85. The summed E-state index contributed by atoms with van der Waals surface area (Å²) in [6, 6.07) is 0. The lowest BCUT2D eigenvalue weighted by Gasteiger charge is -2.66. The number of rotatable bonds is 4. The van der Waals surface area contributed by atoms with Crippen LogP contribution in [-0.2, 0) is 23.9 Å². The number of hydrogen-bond donors (Lipinski definition) is 2. The summed E-state index contributed by atoms with van der Waals surface area (Å²) in [6.07, 6.45) is 4.48. The second kappa shape index (κ2) is 7.22. The molecule has 31 heavy (non-hydrogen) atoms. The zero-order chi connectivity index (χ0) is 22.8. The van der Waals surface area contributed by atoms with Crippen molar-refractivity contribution in [3.8, 4) is 0 Å². The van der Waals surface area contributed by atoms with Gasteiger partial charge in [-0.1, -0.05) is 19.4 Å². The van der Waals surface area contributed by atoms with Crippen LogP contribution < -0.4 is 0 Å². The Balaban J connectivity index is 1.74. The number of carbonyl (C=O) groups excluding carboxylic acids is 3. The SMILES string of the molecule is CO[C@]12[C@H](O)C[C@@]3(C)[C@@H](CC[C@]3(O)C(=O)COC(C)=O)[C@@H]1CCC1=CC(=O)CC[C@@]12C. The third-order valence-corrected chi connectivity index (χ3v) is 9.44. The highest BCUT2D eigenvalue weighted by Crippen LogP contribution is 2.70. The van der Waals surface area contributed by atoms with Gasteiger partial charge in [0.15, 0.2) is 12.4 Å². The molecule has 2 N–H and O–H groups in total. The molecule has 0 aromatic rings. The number of Topliss-reactive ketones (excluding diaryl/α,β-unsaturated/α-hetero) is 1. The molecule has 0 amide bonds. The molecule has 0 saturated heterocycles. The first-order chi connectivity index (χ1) is 14.5. The van der Waals surface area contributed by atoms with E-state index in [2.05, 4.69) is 6.92 Å². The molecule has 0 spiro atoms. The molecule has 4 rings (SSSR count). The Morgan fingerprint density at radius 3 is 2.52 bits per heavy atom. The van der Waals surface area contributed by atoms with Gasteiger partial charge in [-0.25, -0.2) is 0 Å². The highest BCUT2D eigenvalue weighted by Gasteiger charge is 2.74. The molecule has 0 aliphatic heterocycles. The minimum Gasteiger partial charge on any atom is -0.458 e. The minimum absolute atomic E-state index is 0.0295. The van der Waals surface area contributed by atoms with Crippen molar-refractivity contribution in [2.24, 2.45) is 22.7 Å². The molecule has 7 atom stereocenters. The molecular formula is C24H34O7. The number of ketones is 2. The summed E-state index contributed by atoms with van der Waals surface area (Å²) in [4.78, 5) is 36.3. The summed E-state index contributed by atoms with van der Waals surface area (Å²) in [6.45, 7) is 4.75. The molecule has 172 valence electrons. The third kappa shape index (κ3) is 2.79. The molecule has 0 bridgehead atoms. The van der Waals surface area contributed by atoms with Gasteiger partial charge in [-0.05, 0) is 56.4 Å². The van der Waals surface area contributed by atoms with Gasteiger partial charge in [0, 0.05) is 31.3 Å². The number of esters is 1. The van der Waals surface area contributed by atoms with E-state index in [4.69, 9.17) is 9.47 Å². The Kier molecular flexibility index (Phi) is 5.27. The van der Waals surface area contributed by atoms with Crippen molar-refractivity contribution in [2.75, 3.05) is 13.7 Å². The van der Waals surface area contributed by atoms with E-state index >= 15 is 0 Å². The number of fused-ring (bicyclic) bond motifs is 5. The second-order valence-corrected chi connectivity index (χ2v) is 10.5. The Labute approximate surface area is 183 Å². The normalized spacial score (nSPS) is 46.5. The largest absolute Gasteiger partial charge is 0.458 e. The predicted molar refractivity (Wildman–Crippen MR) is 111 cm³/mol. The molecule has 4 aliphatic carbocycles. The van der Waals surface area contributed by atoms with E-state index in [-0.39, 0.29) is 30.5 Å². The lowest BCUT2D eigenvalue weighted by Crippen LogP contribution is -2.72. The van der Waals surface area contributed by atoms with Gasteiger partial charge >= 0.3 is 5.97 Å². The summed E-state index contributed by atoms with van der Waals surface area (Å²) in [5.74, 6) is -1.03. The highest BCUT2D eigenvalue weighted by molar-refractivity contribution is 5.92. The Bertz CT molecular complexity index is 849. The van der Waals surface area contributed by atoms with Crippen LogP contribution in [0, 0.1) is 22.7 Å². The molecule has 7 nitrogen and oxygen atoms in total. The predicted octanol–water partition coefficient (Wildman–Crippen LogP) is 2.12. The maximum atomic E-state index is 13.0. The fourth-order valence-electron chi connectivity index (χ4n) is 7.85. The molecule has 0 radical (unpaired) electrons. The van der Waals surface area contributed by atoms with Gasteiger partial charge in [0.2, 0.25) is 5.78 Å². The van der Waals surface area contributed by atoms with Crippen molar-refractivity contribution in [1.82, 2.24) is 0 Å². The number of aliphatic hydroxyl groups excluding tert-OH is 1. The first kappa shape index (κ1) is 22.6. The summed E-state index contributed by atoms with van der Waals surface area (Å²) in [7, 11) is 1.64. The molecule has 3 fully saturated rings. The van der Waals surface area contributed by atoms with Crippen molar-refractivity contribution >= 4 is 17.5 Å². The monoisotopic (exact) mass is 434 g/mol.